The van der Waals surface area contributed by atoms with Crippen molar-refractivity contribution in [1.82, 2.24) is 9.97 Å². The van der Waals surface area contributed by atoms with Crippen LogP contribution in [0.4, 0.5) is 0 Å². The molecule has 0 radical (unpaired) electrons. The topological polar surface area (TPSA) is 38.9 Å². The molecule has 0 fully saturated rings. The lowest BCUT2D eigenvalue weighted by Gasteiger charge is -2.00. The van der Waals surface area contributed by atoms with Crippen LogP contribution in [0.3, 0.4) is 0 Å². The summed E-state index contributed by atoms with van der Waals surface area (Å²) < 4.78 is 5.73. The van der Waals surface area contributed by atoms with E-state index in [4.69, 9.17) is 4.42 Å². The second-order valence-corrected chi connectivity index (χ2v) is 4.90. The molecule has 3 heteroatoms. The van der Waals surface area contributed by atoms with E-state index in [1.807, 2.05) is 43.6 Å². The Labute approximate surface area is 115 Å². The highest BCUT2D eigenvalue weighted by atomic mass is 16.3. The van der Waals surface area contributed by atoms with E-state index in [1.54, 1.807) is 0 Å². The van der Waals surface area contributed by atoms with Crippen molar-refractivity contribution in [1.29, 1.82) is 0 Å². The van der Waals surface area contributed by atoms with Crippen molar-refractivity contribution in [2.75, 3.05) is 0 Å². The van der Waals surface area contributed by atoms with Gasteiger partial charge in [0.05, 0.1) is 5.69 Å². The maximum absolute atomic E-state index is 5.73. The predicted molar refractivity (Wildman–Crippen MR) is 79.5 cm³/mol. The van der Waals surface area contributed by atoms with Gasteiger partial charge in [0.25, 0.3) is 0 Å². The second kappa shape index (κ2) is 4.17. The van der Waals surface area contributed by atoms with Crippen LogP contribution in [0.2, 0.25) is 0 Å². The predicted octanol–water partition coefficient (Wildman–Crippen LogP) is 4.35. The van der Waals surface area contributed by atoms with Crippen molar-refractivity contribution in [2.24, 2.45) is 0 Å². The molecule has 4 rings (SSSR count). The number of hydrogen-bond donors (Lipinski definition) is 0. The first-order valence-corrected chi connectivity index (χ1v) is 6.51. The van der Waals surface area contributed by atoms with Crippen LogP contribution in [0.25, 0.3) is 33.3 Å². The number of aromatic nitrogens is 2. The second-order valence-electron chi connectivity index (χ2n) is 4.90. The van der Waals surface area contributed by atoms with Crippen LogP contribution in [0.5, 0.6) is 0 Å². The van der Waals surface area contributed by atoms with E-state index in [0.717, 1.165) is 33.2 Å². The third-order valence-electron chi connectivity index (χ3n) is 3.44. The van der Waals surface area contributed by atoms with Gasteiger partial charge in [0.15, 0.2) is 0 Å². The molecule has 0 saturated carbocycles. The van der Waals surface area contributed by atoms with Crippen LogP contribution in [0, 0.1) is 6.92 Å². The van der Waals surface area contributed by atoms with Gasteiger partial charge in [-0.2, -0.15) is 0 Å². The van der Waals surface area contributed by atoms with Crippen LogP contribution in [0.15, 0.2) is 59.3 Å². The van der Waals surface area contributed by atoms with Crippen LogP contribution >= 0.6 is 0 Å². The molecule has 0 aliphatic carbocycles. The molecular weight excluding hydrogens is 248 g/mol. The minimum Gasteiger partial charge on any atom is -0.438 e. The van der Waals surface area contributed by atoms with E-state index in [2.05, 4.69) is 28.2 Å². The van der Waals surface area contributed by atoms with Gasteiger partial charge in [-0.05, 0) is 30.7 Å². The average molecular weight is 260 g/mol. The number of hydrogen-bond acceptors (Lipinski definition) is 3. The fourth-order valence-corrected chi connectivity index (χ4v) is 2.39. The number of para-hydroxylation sites is 1. The molecule has 0 atom stereocenters. The Morgan fingerprint density at radius 1 is 0.900 bits per heavy atom. The maximum atomic E-state index is 5.73. The van der Waals surface area contributed by atoms with E-state index in [-0.39, 0.29) is 0 Å². The van der Waals surface area contributed by atoms with E-state index >= 15 is 0 Å². The molecular formula is C17H12N2O. The summed E-state index contributed by atoms with van der Waals surface area (Å²) in [5.41, 5.74) is 4.61. The highest BCUT2D eigenvalue weighted by Gasteiger charge is 2.09. The number of nitrogens with zero attached hydrogens (tertiary/aromatic N) is 2. The van der Waals surface area contributed by atoms with Gasteiger partial charge in [-0.3, -0.25) is 4.98 Å². The first-order chi connectivity index (χ1) is 9.81. The van der Waals surface area contributed by atoms with Gasteiger partial charge < -0.3 is 4.42 Å². The first kappa shape index (κ1) is 11.2. The van der Waals surface area contributed by atoms with Crippen molar-refractivity contribution in [2.45, 2.75) is 6.92 Å². The Balaban J connectivity index is 1.97. The fourth-order valence-electron chi connectivity index (χ4n) is 2.39. The zero-order valence-electron chi connectivity index (χ0n) is 11.0. The highest BCUT2D eigenvalue weighted by molar-refractivity contribution is 6.04. The van der Waals surface area contributed by atoms with Crippen molar-refractivity contribution in [3.05, 3.63) is 60.4 Å². The lowest BCUT2D eigenvalue weighted by molar-refractivity contribution is 0.654. The maximum Gasteiger partial charge on any atom is 0.227 e. The molecule has 3 heterocycles. The summed E-state index contributed by atoms with van der Waals surface area (Å²) in [5, 5.41) is 2.12. The molecule has 0 amide bonds. The Kier molecular flexibility index (Phi) is 2.33. The zero-order valence-corrected chi connectivity index (χ0v) is 11.0. The first-order valence-electron chi connectivity index (χ1n) is 6.51. The Morgan fingerprint density at radius 3 is 2.65 bits per heavy atom. The zero-order chi connectivity index (χ0) is 13.5. The van der Waals surface area contributed by atoms with Gasteiger partial charge in [-0.25, -0.2) is 4.98 Å². The normalized spacial score (nSPS) is 11.2. The highest BCUT2D eigenvalue weighted by Crippen LogP contribution is 2.29. The molecule has 4 aromatic rings. The SMILES string of the molecule is Cc1ccc(-c2cnc3oc4ccccc4c3c2)nc1. The monoisotopic (exact) mass is 260 g/mol. The van der Waals surface area contributed by atoms with Crippen LogP contribution in [-0.2, 0) is 0 Å². The van der Waals surface area contributed by atoms with Crippen molar-refractivity contribution < 1.29 is 4.42 Å². The minimum absolute atomic E-state index is 0.669. The minimum atomic E-state index is 0.669. The van der Waals surface area contributed by atoms with Crippen LogP contribution in [-0.4, -0.2) is 9.97 Å². The van der Waals surface area contributed by atoms with Gasteiger partial charge in [0, 0.05) is 28.7 Å². The molecule has 3 aromatic heterocycles. The molecule has 0 aliphatic heterocycles. The summed E-state index contributed by atoms with van der Waals surface area (Å²) in [7, 11) is 0. The summed E-state index contributed by atoms with van der Waals surface area (Å²) in [6, 6.07) is 14.1. The van der Waals surface area contributed by atoms with Crippen molar-refractivity contribution >= 4 is 22.1 Å². The number of fused-ring (bicyclic) bond motifs is 3. The number of benzene rings is 1. The molecule has 0 saturated heterocycles. The lowest BCUT2D eigenvalue weighted by Crippen LogP contribution is -1.85. The molecule has 20 heavy (non-hydrogen) atoms. The summed E-state index contributed by atoms with van der Waals surface area (Å²) in [6.07, 6.45) is 3.68. The third-order valence-corrected chi connectivity index (χ3v) is 3.44. The summed E-state index contributed by atoms with van der Waals surface area (Å²) in [5.74, 6) is 0. The lowest BCUT2D eigenvalue weighted by atomic mass is 10.1. The molecule has 3 nitrogen and oxygen atoms in total. The molecule has 0 aliphatic rings. The fraction of sp³-hybridized carbons (Fsp3) is 0.0588. The Bertz CT molecular complexity index is 907. The number of pyridine rings is 2. The van der Waals surface area contributed by atoms with Gasteiger partial charge in [0.2, 0.25) is 5.71 Å². The summed E-state index contributed by atoms with van der Waals surface area (Å²) >= 11 is 0. The molecule has 0 spiro atoms. The summed E-state index contributed by atoms with van der Waals surface area (Å²) in [6.45, 7) is 2.03. The average Bonchev–Trinajstić information content (AvgIpc) is 2.86. The Morgan fingerprint density at radius 2 is 1.80 bits per heavy atom. The quantitative estimate of drug-likeness (QED) is 0.510. The number of aryl methyl sites for hydroxylation is 1. The molecule has 0 unspecified atom stereocenters. The molecule has 0 bridgehead atoms. The summed E-state index contributed by atoms with van der Waals surface area (Å²) in [4.78, 5) is 8.86. The largest absolute Gasteiger partial charge is 0.438 e. The van der Waals surface area contributed by atoms with Crippen LogP contribution in [0.1, 0.15) is 5.56 Å². The van der Waals surface area contributed by atoms with Crippen LogP contribution < -0.4 is 0 Å². The smallest absolute Gasteiger partial charge is 0.227 e. The molecule has 0 N–H and O–H groups in total. The van der Waals surface area contributed by atoms with Gasteiger partial charge in [0.1, 0.15) is 5.58 Å². The van der Waals surface area contributed by atoms with Gasteiger partial charge in [-0.15, -0.1) is 0 Å². The van der Waals surface area contributed by atoms with E-state index < -0.39 is 0 Å². The Hall–Kier alpha value is -2.68. The van der Waals surface area contributed by atoms with E-state index in [0.29, 0.717) is 5.71 Å². The third kappa shape index (κ3) is 1.67. The van der Waals surface area contributed by atoms with E-state index in [9.17, 15) is 0 Å². The molecule has 96 valence electrons. The van der Waals surface area contributed by atoms with E-state index in [1.165, 1.54) is 0 Å². The van der Waals surface area contributed by atoms with Crippen molar-refractivity contribution in [3.8, 4) is 11.3 Å². The van der Waals surface area contributed by atoms with Gasteiger partial charge in [-0.1, -0.05) is 24.3 Å². The number of rotatable bonds is 1. The van der Waals surface area contributed by atoms with Gasteiger partial charge >= 0.3 is 0 Å². The standard InChI is InChI=1S/C17H12N2O/c1-11-6-7-15(18-9-11)12-8-14-13-4-2-3-5-16(13)20-17(14)19-10-12/h2-10H,1H3. The van der Waals surface area contributed by atoms with Crippen molar-refractivity contribution in [3.63, 3.8) is 0 Å². The molecule has 1 aromatic carbocycles. The number of furan rings is 1.